The summed E-state index contributed by atoms with van der Waals surface area (Å²) in [6.45, 7) is 0. The van der Waals surface area contributed by atoms with Crippen molar-refractivity contribution in [1.29, 1.82) is 0 Å². The Morgan fingerprint density at radius 3 is 2.31 bits per heavy atom. The van der Waals surface area contributed by atoms with E-state index < -0.39 is 23.7 Å². The average Bonchev–Trinajstić information content (AvgIpc) is 2.39. The largest absolute Gasteiger partial charge is 0.337 e. The Bertz CT molecular complexity index is 416. The molecule has 1 aliphatic rings. The Morgan fingerprint density at radius 1 is 1.31 bits per heavy atom. The highest BCUT2D eigenvalue weighted by Gasteiger charge is 2.36. The predicted octanol–water partition coefficient (Wildman–Crippen LogP) is 1.20. The van der Waals surface area contributed by atoms with Crippen LogP contribution < -0.4 is 5.73 Å². The Balaban J connectivity index is 2.40. The fourth-order valence-corrected chi connectivity index (χ4v) is 2.12. The zero-order valence-corrected chi connectivity index (χ0v) is 8.78. The van der Waals surface area contributed by atoms with Gasteiger partial charge in [0.25, 0.3) is 0 Å². The van der Waals surface area contributed by atoms with Crippen LogP contribution in [0.25, 0.3) is 0 Å². The van der Waals surface area contributed by atoms with Crippen LogP contribution in [0.1, 0.15) is 18.0 Å². The van der Waals surface area contributed by atoms with Gasteiger partial charge in [-0.3, -0.25) is 4.79 Å². The van der Waals surface area contributed by atoms with E-state index in [0.717, 1.165) is 6.07 Å². The van der Waals surface area contributed by atoms with Crippen molar-refractivity contribution in [1.82, 2.24) is 4.90 Å². The van der Waals surface area contributed by atoms with E-state index >= 15 is 0 Å². The SMILES string of the molecule is CN1C(=O)C[C@H](N)[C@H]1c1cc(F)cc(F)c1. The molecule has 0 radical (unpaired) electrons. The molecule has 1 aliphatic heterocycles. The maximum Gasteiger partial charge on any atom is 0.224 e. The van der Waals surface area contributed by atoms with Crippen LogP contribution in [0.5, 0.6) is 0 Å². The minimum atomic E-state index is -0.657. The van der Waals surface area contributed by atoms with Crippen LogP contribution in [0.15, 0.2) is 18.2 Å². The minimum Gasteiger partial charge on any atom is -0.337 e. The lowest BCUT2D eigenvalue weighted by Gasteiger charge is -2.23. The summed E-state index contributed by atoms with van der Waals surface area (Å²) in [6.07, 6.45) is 0.208. The topological polar surface area (TPSA) is 46.3 Å². The lowest BCUT2D eigenvalue weighted by molar-refractivity contribution is -0.127. The highest BCUT2D eigenvalue weighted by Crippen LogP contribution is 2.31. The lowest BCUT2D eigenvalue weighted by atomic mass is 10.0. The van der Waals surface area contributed by atoms with Gasteiger partial charge in [-0.1, -0.05) is 0 Å². The number of likely N-dealkylation sites (tertiary alicyclic amines) is 1. The molecular weight excluding hydrogens is 214 g/mol. The third-order valence-corrected chi connectivity index (χ3v) is 2.85. The number of carbonyl (C=O) groups is 1. The van der Waals surface area contributed by atoms with Crippen molar-refractivity contribution in [2.45, 2.75) is 18.5 Å². The van der Waals surface area contributed by atoms with E-state index in [4.69, 9.17) is 5.73 Å². The number of carbonyl (C=O) groups excluding carboxylic acids is 1. The zero-order valence-electron chi connectivity index (χ0n) is 8.78. The summed E-state index contributed by atoms with van der Waals surface area (Å²) < 4.78 is 26.1. The maximum absolute atomic E-state index is 13.0. The molecule has 5 heteroatoms. The number of halogens is 2. The molecular formula is C11H12F2N2O. The van der Waals surface area contributed by atoms with Gasteiger partial charge in [-0.25, -0.2) is 8.78 Å². The fourth-order valence-electron chi connectivity index (χ4n) is 2.12. The molecule has 1 saturated heterocycles. The molecule has 1 aromatic rings. The van der Waals surface area contributed by atoms with Gasteiger partial charge in [-0.15, -0.1) is 0 Å². The van der Waals surface area contributed by atoms with Gasteiger partial charge in [-0.05, 0) is 17.7 Å². The highest BCUT2D eigenvalue weighted by atomic mass is 19.1. The Hall–Kier alpha value is -1.49. The Morgan fingerprint density at radius 2 is 1.88 bits per heavy atom. The molecule has 1 amide bonds. The van der Waals surface area contributed by atoms with Gasteiger partial charge in [0.2, 0.25) is 5.91 Å². The van der Waals surface area contributed by atoms with Crippen molar-refractivity contribution >= 4 is 5.91 Å². The van der Waals surface area contributed by atoms with E-state index in [1.807, 2.05) is 0 Å². The molecule has 0 saturated carbocycles. The molecule has 0 aromatic heterocycles. The van der Waals surface area contributed by atoms with Gasteiger partial charge in [-0.2, -0.15) is 0 Å². The summed E-state index contributed by atoms with van der Waals surface area (Å²) >= 11 is 0. The number of hydrogen-bond acceptors (Lipinski definition) is 2. The molecule has 1 fully saturated rings. The van der Waals surface area contributed by atoms with Crippen molar-refractivity contribution < 1.29 is 13.6 Å². The second-order valence-electron chi connectivity index (χ2n) is 4.02. The molecule has 1 aromatic carbocycles. The number of nitrogens with zero attached hydrogens (tertiary/aromatic N) is 1. The van der Waals surface area contributed by atoms with Gasteiger partial charge in [0, 0.05) is 25.6 Å². The molecule has 0 spiro atoms. The number of likely N-dealkylation sites (N-methyl/N-ethyl adjacent to an activating group) is 1. The van der Waals surface area contributed by atoms with Crippen LogP contribution in [-0.4, -0.2) is 23.9 Å². The van der Waals surface area contributed by atoms with Crippen molar-refractivity contribution in [3.63, 3.8) is 0 Å². The molecule has 2 rings (SSSR count). The van der Waals surface area contributed by atoms with E-state index in [1.54, 1.807) is 7.05 Å². The molecule has 16 heavy (non-hydrogen) atoms. The molecule has 3 nitrogen and oxygen atoms in total. The number of benzene rings is 1. The third-order valence-electron chi connectivity index (χ3n) is 2.85. The number of nitrogens with two attached hydrogens (primary N) is 1. The normalized spacial score (nSPS) is 25.2. The molecule has 86 valence electrons. The van der Waals surface area contributed by atoms with E-state index in [-0.39, 0.29) is 12.3 Å². The van der Waals surface area contributed by atoms with Crippen molar-refractivity contribution in [3.8, 4) is 0 Å². The van der Waals surface area contributed by atoms with Crippen LogP contribution >= 0.6 is 0 Å². The van der Waals surface area contributed by atoms with E-state index in [2.05, 4.69) is 0 Å². The predicted molar refractivity (Wildman–Crippen MR) is 54.5 cm³/mol. The van der Waals surface area contributed by atoms with Crippen LogP contribution in [0.4, 0.5) is 8.78 Å². The molecule has 1 heterocycles. The average molecular weight is 226 g/mol. The first-order chi connectivity index (χ1) is 7.49. The second kappa shape index (κ2) is 3.83. The number of hydrogen-bond donors (Lipinski definition) is 1. The van der Waals surface area contributed by atoms with Gasteiger partial charge >= 0.3 is 0 Å². The molecule has 0 unspecified atom stereocenters. The summed E-state index contributed by atoms with van der Waals surface area (Å²) in [4.78, 5) is 12.8. The summed E-state index contributed by atoms with van der Waals surface area (Å²) in [6, 6.07) is 2.36. The monoisotopic (exact) mass is 226 g/mol. The van der Waals surface area contributed by atoms with Crippen LogP contribution in [-0.2, 0) is 4.79 Å². The smallest absolute Gasteiger partial charge is 0.224 e. The highest BCUT2D eigenvalue weighted by molar-refractivity contribution is 5.80. The first-order valence-electron chi connectivity index (χ1n) is 4.96. The quantitative estimate of drug-likeness (QED) is 0.782. The minimum absolute atomic E-state index is 0.109. The molecule has 2 atom stereocenters. The van der Waals surface area contributed by atoms with Gasteiger partial charge < -0.3 is 10.6 Å². The Kier molecular flexibility index (Phi) is 2.63. The van der Waals surface area contributed by atoms with E-state index in [1.165, 1.54) is 17.0 Å². The van der Waals surface area contributed by atoms with Gasteiger partial charge in [0.1, 0.15) is 11.6 Å². The molecule has 0 bridgehead atoms. The first kappa shape index (κ1) is 11.0. The fraction of sp³-hybridized carbons (Fsp3) is 0.364. The summed E-state index contributed by atoms with van der Waals surface area (Å²) in [5.74, 6) is -1.42. The third kappa shape index (κ3) is 1.78. The van der Waals surface area contributed by atoms with Crippen molar-refractivity contribution in [2.24, 2.45) is 5.73 Å². The van der Waals surface area contributed by atoms with Crippen LogP contribution in [0.2, 0.25) is 0 Å². The van der Waals surface area contributed by atoms with Crippen molar-refractivity contribution in [3.05, 3.63) is 35.4 Å². The van der Waals surface area contributed by atoms with Crippen LogP contribution in [0.3, 0.4) is 0 Å². The Labute approximate surface area is 91.8 Å². The second-order valence-corrected chi connectivity index (χ2v) is 4.02. The first-order valence-corrected chi connectivity index (χ1v) is 4.96. The zero-order chi connectivity index (χ0) is 11.9. The maximum atomic E-state index is 13.0. The molecule has 0 aliphatic carbocycles. The summed E-state index contributed by atoms with van der Waals surface area (Å²) in [7, 11) is 1.59. The molecule has 2 N–H and O–H groups in total. The lowest BCUT2D eigenvalue weighted by Crippen LogP contribution is -2.30. The van der Waals surface area contributed by atoms with Crippen molar-refractivity contribution in [2.75, 3.05) is 7.05 Å². The standard InChI is InChI=1S/C11H12F2N2O/c1-15-10(16)5-9(14)11(15)6-2-7(12)4-8(13)3-6/h2-4,9,11H,5,14H2,1H3/t9-,11+/m0/s1. The van der Waals surface area contributed by atoms with E-state index in [9.17, 15) is 13.6 Å². The van der Waals surface area contributed by atoms with E-state index in [0.29, 0.717) is 5.56 Å². The number of rotatable bonds is 1. The summed E-state index contributed by atoms with van der Waals surface area (Å²) in [5, 5.41) is 0. The van der Waals surface area contributed by atoms with Crippen LogP contribution in [0, 0.1) is 11.6 Å². The van der Waals surface area contributed by atoms with Gasteiger partial charge in [0.05, 0.1) is 6.04 Å². The van der Waals surface area contributed by atoms with Gasteiger partial charge in [0.15, 0.2) is 0 Å². The number of amides is 1. The summed E-state index contributed by atoms with van der Waals surface area (Å²) in [5.41, 5.74) is 6.19.